The summed E-state index contributed by atoms with van der Waals surface area (Å²) in [5.41, 5.74) is 0.708. The van der Waals surface area contributed by atoms with Crippen LogP contribution in [0.15, 0.2) is 29.2 Å². The number of piperidine rings is 1. The minimum atomic E-state index is -3.54. The molecule has 0 spiro atoms. The van der Waals surface area contributed by atoms with Gasteiger partial charge in [-0.15, -0.1) is 0 Å². The van der Waals surface area contributed by atoms with E-state index in [1.807, 2.05) is 27.7 Å². The van der Waals surface area contributed by atoms with Crippen LogP contribution in [-0.2, 0) is 14.8 Å². The number of amides is 1. The number of rotatable bonds is 3. The zero-order valence-corrected chi connectivity index (χ0v) is 15.1. The molecule has 1 N–H and O–H groups in total. The maximum absolute atomic E-state index is 12.7. The first-order valence-corrected chi connectivity index (χ1v) is 9.42. The minimum Gasteiger partial charge on any atom is -0.351 e. The van der Waals surface area contributed by atoms with Crippen molar-refractivity contribution in [3.63, 3.8) is 0 Å². The second kappa shape index (κ2) is 6.61. The third-order valence-electron chi connectivity index (χ3n) is 3.91. The second-order valence-electron chi connectivity index (χ2n) is 7.25. The first-order chi connectivity index (χ1) is 10.6. The highest BCUT2D eigenvalue weighted by molar-refractivity contribution is 7.89. The Balaban J connectivity index is 2.14. The van der Waals surface area contributed by atoms with E-state index in [4.69, 9.17) is 0 Å². The average molecular weight is 338 g/mol. The number of hydrogen-bond donors (Lipinski definition) is 1. The summed E-state index contributed by atoms with van der Waals surface area (Å²) < 4.78 is 26.9. The van der Waals surface area contributed by atoms with E-state index in [0.29, 0.717) is 17.9 Å². The minimum absolute atomic E-state index is 0.0682. The molecule has 0 aromatic heterocycles. The summed E-state index contributed by atoms with van der Waals surface area (Å²) in [7, 11) is -3.54. The predicted molar refractivity (Wildman–Crippen MR) is 90.6 cm³/mol. The van der Waals surface area contributed by atoms with Gasteiger partial charge in [0.2, 0.25) is 15.9 Å². The number of nitrogens with zero attached hydrogens (tertiary/aromatic N) is 1. The van der Waals surface area contributed by atoms with E-state index >= 15 is 0 Å². The summed E-state index contributed by atoms with van der Waals surface area (Å²) in [6.45, 7) is 8.41. The Bertz CT molecular complexity index is 660. The second-order valence-corrected chi connectivity index (χ2v) is 9.19. The van der Waals surface area contributed by atoms with E-state index < -0.39 is 10.0 Å². The first kappa shape index (κ1) is 17.9. The fourth-order valence-electron chi connectivity index (χ4n) is 2.71. The molecule has 1 aliphatic heterocycles. The number of carbonyl (C=O) groups excluding carboxylic acids is 1. The number of hydrogen-bond acceptors (Lipinski definition) is 3. The van der Waals surface area contributed by atoms with Crippen molar-refractivity contribution in [3.05, 3.63) is 29.8 Å². The molecule has 1 aromatic carbocycles. The summed E-state index contributed by atoms with van der Waals surface area (Å²) in [6.07, 6.45) is 1.43. The maximum Gasteiger partial charge on any atom is 0.243 e. The van der Waals surface area contributed by atoms with E-state index in [0.717, 1.165) is 12.0 Å². The van der Waals surface area contributed by atoms with Gasteiger partial charge in [0.1, 0.15) is 0 Å². The highest BCUT2D eigenvalue weighted by Gasteiger charge is 2.34. The smallest absolute Gasteiger partial charge is 0.243 e. The van der Waals surface area contributed by atoms with Gasteiger partial charge in [-0.1, -0.05) is 17.7 Å². The third-order valence-corrected chi connectivity index (χ3v) is 5.79. The summed E-state index contributed by atoms with van der Waals surface area (Å²) in [5.74, 6) is -0.357. The summed E-state index contributed by atoms with van der Waals surface area (Å²) in [5, 5.41) is 2.95. The van der Waals surface area contributed by atoms with E-state index in [9.17, 15) is 13.2 Å². The van der Waals surface area contributed by atoms with Crippen LogP contribution in [0.2, 0.25) is 0 Å². The van der Waals surface area contributed by atoms with Gasteiger partial charge < -0.3 is 5.32 Å². The zero-order valence-electron chi connectivity index (χ0n) is 14.3. The van der Waals surface area contributed by atoms with Crippen molar-refractivity contribution in [2.75, 3.05) is 13.1 Å². The summed E-state index contributed by atoms with van der Waals surface area (Å²) >= 11 is 0. The lowest BCUT2D eigenvalue weighted by Gasteiger charge is -2.33. The number of carbonyl (C=O) groups is 1. The Hall–Kier alpha value is -1.40. The topological polar surface area (TPSA) is 66.5 Å². The molecule has 23 heavy (non-hydrogen) atoms. The van der Waals surface area contributed by atoms with Crippen molar-refractivity contribution in [1.82, 2.24) is 9.62 Å². The molecule has 2 rings (SSSR count). The lowest BCUT2D eigenvalue weighted by molar-refractivity contribution is -0.127. The van der Waals surface area contributed by atoms with Crippen LogP contribution in [0.4, 0.5) is 0 Å². The van der Waals surface area contributed by atoms with Gasteiger partial charge in [0.05, 0.1) is 10.8 Å². The molecular weight excluding hydrogens is 312 g/mol. The van der Waals surface area contributed by atoms with Crippen molar-refractivity contribution in [1.29, 1.82) is 0 Å². The predicted octanol–water partition coefficient (Wildman–Crippen LogP) is 2.31. The van der Waals surface area contributed by atoms with Gasteiger partial charge in [-0.25, -0.2) is 8.42 Å². The first-order valence-electron chi connectivity index (χ1n) is 7.98. The normalized spacial score (nSPS) is 20.3. The van der Waals surface area contributed by atoms with E-state index in [1.54, 1.807) is 24.3 Å². The third kappa shape index (κ3) is 4.54. The van der Waals surface area contributed by atoms with Crippen LogP contribution in [0.1, 0.15) is 39.2 Å². The van der Waals surface area contributed by atoms with Crippen LogP contribution >= 0.6 is 0 Å². The van der Waals surface area contributed by atoms with E-state index in [2.05, 4.69) is 5.32 Å². The van der Waals surface area contributed by atoms with E-state index in [-0.39, 0.29) is 23.9 Å². The SMILES string of the molecule is Cc1ccc(S(=O)(=O)N2CCC[C@@H](C(=O)NC(C)(C)C)C2)cc1. The molecule has 128 valence electrons. The Morgan fingerprint density at radius 1 is 1.22 bits per heavy atom. The van der Waals surface area contributed by atoms with Gasteiger partial charge >= 0.3 is 0 Å². The fourth-order valence-corrected chi connectivity index (χ4v) is 4.23. The number of benzene rings is 1. The molecule has 1 amide bonds. The molecular formula is C17H26N2O3S. The van der Waals surface area contributed by atoms with Crippen molar-refractivity contribution in [3.8, 4) is 0 Å². The Morgan fingerprint density at radius 2 is 1.83 bits per heavy atom. The molecule has 0 unspecified atom stereocenters. The zero-order chi connectivity index (χ0) is 17.3. The molecule has 6 heteroatoms. The quantitative estimate of drug-likeness (QED) is 0.920. The molecule has 1 saturated heterocycles. The molecule has 1 aliphatic rings. The van der Waals surface area contributed by atoms with Gasteiger partial charge in [-0.05, 0) is 52.7 Å². The summed E-state index contributed by atoms with van der Waals surface area (Å²) in [4.78, 5) is 12.6. The largest absolute Gasteiger partial charge is 0.351 e. The molecule has 0 aliphatic carbocycles. The van der Waals surface area contributed by atoms with Crippen molar-refractivity contribution < 1.29 is 13.2 Å². The van der Waals surface area contributed by atoms with E-state index in [1.165, 1.54) is 4.31 Å². The molecule has 0 radical (unpaired) electrons. The fraction of sp³-hybridized carbons (Fsp3) is 0.588. The standard InChI is InChI=1S/C17H26N2O3S/c1-13-7-9-15(10-8-13)23(21,22)19-11-5-6-14(12-19)16(20)18-17(2,3)4/h7-10,14H,5-6,11-12H2,1-4H3,(H,18,20)/t14-/m1/s1. The van der Waals surface area contributed by atoms with Crippen LogP contribution in [0.25, 0.3) is 0 Å². The van der Waals surface area contributed by atoms with Crippen LogP contribution in [0, 0.1) is 12.8 Å². The van der Waals surface area contributed by atoms with Gasteiger partial charge in [-0.3, -0.25) is 4.79 Å². The lowest BCUT2D eigenvalue weighted by atomic mass is 9.97. The van der Waals surface area contributed by atoms with Gasteiger partial charge in [-0.2, -0.15) is 4.31 Å². The molecule has 5 nitrogen and oxygen atoms in total. The molecule has 1 fully saturated rings. The monoisotopic (exact) mass is 338 g/mol. The number of aryl methyl sites for hydroxylation is 1. The molecule has 0 saturated carbocycles. The number of sulfonamides is 1. The summed E-state index contributed by atoms with van der Waals surface area (Å²) in [6, 6.07) is 6.84. The Labute approximate surface area is 139 Å². The van der Waals surface area contributed by atoms with Gasteiger partial charge in [0.25, 0.3) is 0 Å². The highest BCUT2D eigenvalue weighted by Crippen LogP contribution is 2.24. The Kier molecular flexibility index (Phi) is 5.16. The van der Waals surface area contributed by atoms with Crippen LogP contribution < -0.4 is 5.32 Å². The molecule has 1 heterocycles. The van der Waals surface area contributed by atoms with Crippen LogP contribution in [0.3, 0.4) is 0 Å². The average Bonchev–Trinajstić information content (AvgIpc) is 2.46. The van der Waals surface area contributed by atoms with Gasteiger partial charge in [0, 0.05) is 18.6 Å². The van der Waals surface area contributed by atoms with Crippen LogP contribution in [-0.4, -0.2) is 37.3 Å². The van der Waals surface area contributed by atoms with Crippen molar-refractivity contribution in [2.24, 2.45) is 5.92 Å². The molecule has 1 atom stereocenters. The Morgan fingerprint density at radius 3 is 2.39 bits per heavy atom. The maximum atomic E-state index is 12.7. The van der Waals surface area contributed by atoms with Crippen LogP contribution in [0.5, 0.6) is 0 Å². The lowest BCUT2D eigenvalue weighted by Crippen LogP contribution is -2.49. The number of nitrogens with one attached hydrogen (secondary N) is 1. The highest BCUT2D eigenvalue weighted by atomic mass is 32.2. The molecule has 0 bridgehead atoms. The van der Waals surface area contributed by atoms with Crippen molar-refractivity contribution >= 4 is 15.9 Å². The molecule has 1 aromatic rings. The van der Waals surface area contributed by atoms with Gasteiger partial charge in [0.15, 0.2) is 0 Å². The van der Waals surface area contributed by atoms with Crippen molar-refractivity contribution in [2.45, 2.75) is 51.0 Å².